The average molecular weight is 383 g/mol. The van der Waals surface area contributed by atoms with Gasteiger partial charge in [0.25, 0.3) is 10.0 Å². The van der Waals surface area contributed by atoms with Gasteiger partial charge in [-0.05, 0) is 30.3 Å². The van der Waals surface area contributed by atoms with Gasteiger partial charge in [0.05, 0.1) is 11.4 Å². The van der Waals surface area contributed by atoms with Gasteiger partial charge in [-0.1, -0.05) is 22.0 Å². The number of aromatic hydroxyl groups is 1. The van der Waals surface area contributed by atoms with Gasteiger partial charge in [0, 0.05) is 17.6 Å². The van der Waals surface area contributed by atoms with Crippen molar-refractivity contribution in [1.82, 2.24) is 0 Å². The molecule has 2 aromatic carbocycles. The van der Waals surface area contributed by atoms with Crippen LogP contribution in [-0.4, -0.2) is 26.6 Å². The first-order valence-electron chi connectivity index (χ1n) is 6.24. The molecule has 1 heterocycles. The number of phenolic OH excluding ortho intramolecular Hbond substituents is 1. The number of hydrogen-bond acceptors (Lipinski definition) is 4. The Morgan fingerprint density at radius 2 is 1.86 bits per heavy atom. The fraction of sp³-hybridized carbons (Fsp3) is 0.0714. The number of benzene rings is 2. The molecule has 0 atom stereocenters. The van der Waals surface area contributed by atoms with Crippen molar-refractivity contribution in [2.75, 3.05) is 16.3 Å². The summed E-state index contributed by atoms with van der Waals surface area (Å²) in [6.07, 6.45) is 0. The van der Waals surface area contributed by atoms with E-state index in [9.17, 15) is 18.3 Å². The highest BCUT2D eigenvalue weighted by molar-refractivity contribution is 9.10. The molecule has 2 amide bonds. The van der Waals surface area contributed by atoms with Crippen LogP contribution in [0.15, 0.2) is 51.8 Å². The molecule has 8 heteroatoms. The number of hydrogen-bond donors (Lipinski definition) is 1. The molecule has 1 N–H and O–H groups in total. The summed E-state index contributed by atoms with van der Waals surface area (Å²) < 4.78 is 26.9. The number of nitrogens with zero attached hydrogens (tertiary/aromatic N) is 2. The maximum atomic E-state index is 12.8. The van der Waals surface area contributed by atoms with Crippen LogP contribution in [0.1, 0.15) is 0 Å². The Kier molecular flexibility index (Phi) is 3.37. The van der Waals surface area contributed by atoms with E-state index in [1.807, 2.05) is 0 Å². The first-order valence-corrected chi connectivity index (χ1v) is 8.47. The summed E-state index contributed by atoms with van der Waals surface area (Å²) in [5, 5.41) is 9.53. The topological polar surface area (TPSA) is 77.9 Å². The standard InChI is InChI=1S/C14H11BrN2O4S/c1-16-12-8-11(18)5-6-13(12)22(20,21)17(14(16)19)10-4-2-3-9(15)7-10/h2-8,18H,1H3. The Morgan fingerprint density at radius 1 is 1.14 bits per heavy atom. The number of fused-ring (bicyclic) bond motifs is 1. The molecule has 2 aromatic rings. The van der Waals surface area contributed by atoms with Gasteiger partial charge < -0.3 is 5.11 Å². The molecule has 114 valence electrons. The lowest BCUT2D eigenvalue weighted by atomic mass is 10.2. The molecule has 0 saturated carbocycles. The molecule has 22 heavy (non-hydrogen) atoms. The molecule has 0 aromatic heterocycles. The molecule has 1 aliphatic rings. The maximum absolute atomic E-state index is 12.8. The van der Waals surface area contributed by atoms with Gasteiger partial charge in [-0.25, -0.2) is 13.2 Å². The second-order valence-corrected chi connectivity index (χ2v) is 7.41. The van der Waals surface area contributed by atoms with E-state index >= 15 is 0 Å². The van der Waals surface area contributed by atoms with E-state index in [1.165, 1.54) is 30.1 Å². The molecule has 0 aliphatic carbocycles. The monoisotopic (exact) mass is 382 g/mol. The van der Waals surface area contributed by atoms with Crippen LogP contribution in [-0.2, 0) is 10.0 Å². The smallest absolute Gasteiger partial charge is 0.342 e. The quantitative estimate of drug-likeness (QED) is 0.822. The fourth-order valence-electron chi connectivity index (χ4n) is 2.28. The van der Waals surface area contributed by atoms with Crippen molar-refractivity contribution in [2.45, 2.75) is 4.90 Å². The number of phenols is 1. The zero-order chi connectivity index (χ0) is 16.1. The van der Waals surface area contributed by atoms with Crippen molar-refractivity contribution in [3.8, 4) is 5.75 Å². The van der Waals surface area contributed by atoms with Crippen molar-refractivity contribution in [1.29, 1.82) is 0 Å². The largest absolute Gasteiger partial charge is 0.508 e. The van der Waals surface area contributed by atoms with Crippen molar-refractivity contribution < 1.29 is 18.3 Å². The Bertz CT molecular complexity index is 882. The Morgan fingerprint density at radius 3 is 2.55 bits per heavy atom. The van der Waals surface area contributed by atoms with Crippen LogP contribution in [0.4, 0.5) is 16.2 Å². The Labute approximate surface area is 135 Å². The maximum Gasteiger partial charge on any atom is 0.342 e. The molecule has 6 nitrogen and oxygen atoms in total. The van der Waals surface area contributed by atoms with Crippen molar-refractivity contribution in [2.24, 2.45) is 0 Å². The molecule has 0 spiro atoms. The number of carbonyl (C=O) groups excluding carboxylic acids is 1. The lowest BCUT2D eigenvalue weighted by molar-refractivity contribution is 0.255. The minimum Gasteiger partial charge on any atom is -0.508 e. The summed E-state index contributed by atoms with van der Waals surface area (Å²) in [6.45, 7) is 0. The van der Waals surface area contributed by atoms with Gasteiger partial charge in [-0.2, -0.15) is 4.31 Å². The third-order valence-electron chi connectivity index (χ3n) is 3.33. The van der Waals surface area contributed by atoms with Crippen LogP contribution in [0.3, 0.4) is 0 Å². The Hall–Kier alpha value is -2.06. The second kappa shape index (κ2) is 4.99. The van der Waals surface area contributed by atoms with Gasteiger partial charge in [0.2, 0.25) is 0 Å². The number of amides is 2. The first-order chi connectivity index (χ1) is 10.3. The van der Waals surface area contributed by atoms with Gasteiger partial charge >= 0.3 is 6.03 Å². The minimum atomic E-state index is -4.04. The zero-order valence-corrected chi connectivity index (χ0v) is 13.8. The Balaban J connectivity index is 2.26. The summed E-state index contributed by atoms with van der Waals surface area (Å²) in [5.74, 6) is -0.107. The van der Waals surface area contributed by atoms with Crippen molar-refractivity contribution in [3.63, 3.8) is 0 Å². The highest BCUT2D eigenvalue weighted by atomic mass is 79.9. The van der Waals surface area contributed by atoms with Gasteiger partial charge in [0.15, 0.2) is 0 Å². The summed E-state index contributed by atoms with van der Waals surface area (Å²) in [6, 6.07) is 9.58. The van der Waals surface area contributed by atoms with Crippen LogP contribution in [0.5, 0.6) is 5.75 Å². The van der Waals surface area contributed by atoms with E-state index in [1.54, 1.807) is 24.3 Å². The summed E-state index contributed by atoms with van der Waals surface area (Å²) in [4.78, 5) is 13.7. The van der Waals surface area contributed by atoms with Gasteiger partial charge in [0.1, 0.15) is 10.6 Å². The number of sulfonamides is 1. The summed E-state index contributed by atoms with van der Waals surface area (Å²) in [7, 11) is -2.58. The van der Waals surface area contributed by atoms with E-state index in [0.717, 1.165) is 4.31 Å². The highest BCUT2D eigenvalue weighted by Gasteiger charge is 2.41. The second-order valence-electron chi connectivity index (χ2n) is 4.74. The number of carbonyl (C=O) groups is 1. The highest BCUT2D eigenvalue weighted by Crippen LogP contribution is 2.38. The molecule has 0 radical (unpaired) electrons. The lowest BCUT2D eigenvalue weighted by Gasteiger charge is -2.34. The van der Waals surface area contributed by atoms with Crippen molar-refractivity contribution in [3.05, 3.63) is 46.9 Å². The fourth-order valence-corrected chi connectivity index (χ4v) is 4.28. The summed E-state index contributed by atoms with van der Waals surface area (Å²) >= 11 is 3.26. The summed E-state index contributed by atoms with van der Waals surface area (Å²) in [5.41, 5.74) is 0.390. The third kappa shape index (κ3) is 2.15. The van der Waals surface area contributed by atoms with Crippen LogP contribution in [0.25, 0.3) is 0 Å². The van der Waals surface area contributed by atoms with E-state index in [0.29, 0.717) is 4.47 Å². The molecule has 0 saturated heterocycles. The number of urea groups is 1. The molecule has 1 aliphatic heterocycles. The normalized spacial score (nSPS) is 16.5. The SMILES string of the molecule is CN1C(=O)N(c2cccc(Br)c2)S(=O)(=O)c2ccc(O)cc21. The molecular formula is C14H11BrN2O4S. The van der Waals surface area contributed by atoms with Crippen LogP contribution in [0.2, 0.25) is 0 Å². The molecule has 0 fully saturated rings. The van der Waals surface area contributed by atoms with Crippen LogP contribution in [0, 0.1) is 0 Å². The molecule has 0 unspecified atom stereocenters. The average Bonchev–Trinajstić information content (AvgIpc) is 2.45. The first kappa shape index (κ1) is 14.9. The van der Waals surface area contributed by atoms with Crippen molar-refractivity contribution >= 4 is 43.4 Å². The predicted octanol–water partition coefficient (Wildman–Crippen LogP) is 2.92. The van der Waals surface area contributed by atoms with E-state index in [2.05, 4.69) is 15.9 Å². The number of anilines is 2. The molecule has 0 bridgehead atoms. The molecule has 3 rings (SSSR count). The minimum absolute atomic E-state index is 0.0348. The lowest BCUT2D eigenvalue weighted by Crippen LogP contribution is -2.49. The third-order valence-corrected chi connectivity index (χ3v) is 5.57. The van der Waals surface area contributed by atoms with Gasteiger partial charge in [-0.3, -0.25) is 4.90 Å². The zero-order valence-electron chi connectivity index (χ0n) is 11.4. The van der Waals surface area contributed by atoms with E-state index < -0.39 is 16.1 Å². The predicted molar refractivity (Wildman–Crippen MR) is 85.7 cm³/mol. The molecular weight excluding hydrogens is 372 g/mol. The van der Waals surface area contributed by atoms with E-state index in [-0.39, 0.29) is 22.0 Å². The number of halogens is 1. The van der Waals surface area contributed by atoms with E-state index in [4.69, 9.17) is 0 Å². The van der Waals surface area contributed by atoms with Gasteiger partial charge in [-0.15, -0.1) is 0 Å². The van der Waals surface area contributed by atoms with Crippen LogP contribution < -0.4 is 9.21 Å². The van der Waals surface area contributed by atoms with Crippen LogP contribution >= 0.6 is 15.9 Å². The number of rotatable bonds is 1.